The molecule has 0 aliphatic heterocycles. The zero-order chi connectivity index (χ0) is 15.2. The van der Waals surface area contributed by atoms with Crippen LogP contribution in [0.1, 0.15) is 31.7 Å². The SMILES string of the molecule is CCCNC(Cc1cccc(OC)c1F)C(OC)C1CC1. The summed E-state index contributed by atoms with van der Waals surface area (Å²) in [6, 6.07) is 5.47. The van der Waals surface area contributed by atoms with Crippen molar-refractivity contribution < 1.29 is 13.9 Å². The van der Waals surface area contributed by atoms with Gasteiger partial charge in [0.1, 0.15) is 0 Å². The van der Waals surface area contributed by atoms with Gasteiger partial charge in [0.2, 0.25) is 0 Å². The molecular formula is C17H26FNO2. The molecule has 1 N–H and O–H groups in total. The third kappa shape index (κ3) is 4.17. The molecule has 1 saturated carbocycles. The monoisotopic (exact) mass is 295 g/mol. The van der Waals surface area contributed by atoms with Gasteiger partial charge in [0.05, 0.1) is 13.2 Å². The van der Waals surface area contributed by atoms with Crippen LogP contribution in [0.25, 0.3) is 0 Å². The zero-order valence-electron chi connectivity index (χ0n) is 13.2. The van der Waals surface area contributed by atoms with E-state index in [2.05, 4.69) is 12.2 Å². The van der Waals surface area contributed by atoms with Gasteiger partial charge >= 0.3 is 0 Å². The Kier molecular flexibility index (Phi) is 6.00. The van der Waals surface area contributed by atoms with Gasteiger partial charge in [-0.25, -0.2) is 4.39 Å². The predicted molar refractivity (Wildman–Crippen MR) is 82.3 cm³/mol. The standard InChI is InChI=1S/C17H26FNO2/c1-4-10-19-14(17(21-3)12-8-9-12)11-13-6-5-7-15(20-2)16(13)18/h5-7,12,14,17,19H,4,8-11H2,1-3H3. The van der Waals surface area contributed by atoms with Crippen molar-refractivity contribution in [2.24, 2.45) is 5.92 Å². The Labute approximate surface area is 126 Å². The fourth-order valence-electron chi connectivity index (χ4n) is 2.85. The molecule has 0 radical (unpaired) electrons. The summed E-state index contributed by atoms with van der Waals surface area (Å²) in [4.78, 5) is 0. The molecule has 2 unspecified atom stereocenters. The normalized spacial score (nSPS) is 17.5. The lowest BCUT2D eigenvalue weighted by Gasteiger charge is -2.27. The van der Waals surface area contributed by atoms with E-state index < -0.39 is 0 Å². The molecule has 0 heterocycles. The van der Waals surface area contributed by atoms with Crippen molar-refractivity contribution >= 4 is 0 Å². The van der Waals surface area contributed by atoms with E-state index in [0.717, 1.165) is 13.0 Å². The quantitative estimate of drug-likeness (QED) is 0.759. The van der Waals surface area contributed by atoms with Gasteiger partial charge < -0.3 is 14.8 Å². The summed E-state index contributed by atoms with van der Waals surface area (Å²) in [7, 11) is 3.25. The predicted octanol–water partition coefficient (Wildman–Crippen LogP) is 3.17. The number of benzene rings is 1. The first kappa shape index (κ1) is 16.2. The van der Waals surface area contributed by atoms with E-state index >= 15 is 0 Å². The first-order valence-electron chi connectivity index (χ1n) is 7.78. The van der Waals surface area contributed by atoms with Crippen LogP contribution < -0.4 is 10.1 Å². The van der Waals surface area contributed by atoms with Crippen LogP contribution in [-0.2, 0) is 11.2 Å². The van der Waals surface area contributed by atoms with Crippen molar-refractivity contribution in [3.05, 3.63) is 29.6 Å². The molecule has 0 bridgehead atoms. The number of hydrogen-bond donors (Lipinski definition) is 1. The maximum absolute atomic E-state index is 14.3. The Morgan fingerprint density at radius 1 is 1.33 bits per heavy atom. The van der Waals surface area contributed by atoms with E-state index in [0.29, 0.717) is 23.7 Å². The second kappa shape index (κ2) is 7.76. The molecule has 3 nitrogen and oxygen atoms in total. The highest BCUT2D eigenvalue weighted by atomic mass is 19.1. The average Bonchev–Trinajstić information content (AvgIpc) is 3.32. The van der Waals surface area contributed by atoms with E-state index in [1.54, 1.807) is 13.2 Å². The van der Waals surface area contributed by atoms with Gasteiger partial charge in [-0.2, -0.15) is 0 Å². The first-order chi connectivity index (χ1) is 10.2. The highest BCUT2D eigenvalue weighted by molar-refractivity contribution is 5.31. The van der Waals surface area contributed by atoms with Crippen molar-refractivity contribution in [1.82, 2.24) is 5.32 Å². The smallest absolute Gasteiger partial charge is 0.168 e. The lowest BCUT2D eigenvalue weighted by molar-refractivity contribution is 0.0508. The topological polar surface area (TPSA) is 30.5 Å². The molecule has 1 aromatic rings. The molecule has 0 aromatic heterocycles. The largest absolute Gasteiger partial charge is 0.494 e. The highest BCUT2D eigenvalue weighted by Crippen LogP contribution is 2.36. The van der Waals surface area contributed by atoms with Gasteiger partial charge in [0, 0.05) is 13.2 Å². The summed E-state index contributed by atoms with van der Waals surface area (Å²) < 4.78 is 25.1. The second-order valence-corrected chi connectivity index (χ2v) is 5.74. The van der Waals surface area contributed by atoms with Crippen molar-refractivity contribution in [3.8, 4) is 5.75 Å². The summed E-state index contributed by atoms with van der Waals surface area (Å²) >= 11 is 0. The Balaban J connectivity index is 2.13. The molecule has 0 saturated heterocycles. The summed E-state index contributed by atoms with van der Waals surface area (Å²) in [5, 5.41) is 3.52. The van der Waals surface area contributed by atoms with Gasteiger partial charge in [-0.1, -0.05) is 19.1 Å². The van der Waals surface area contributed by atoms with Crippen LogP contribution in [0.4, 0.5) is 4.39 Å². The summed E-state index contributed by atoms with van der Waals surface area (Å²) in [5.74, 6) is 0.661. The second-order valence-electron chi connectivity index (χ2n) is 5.74. The third-order valence-corrected chi connectivity index (χ3v) is 4.11. The van der Waals surface area contributed by atoms with Crippen LogP contribution in [0.5, 0.6) is 5.75 Å². The number of halogens is 1. The minimum atomic E-state index is -0.256. The van der Waals surface area contributed by atoms with E-state index in [1.807, 2.05) is 12.1 Å². The van der Waals surface area contributed by atoms with Crippen LogP contribution >= 0.6 is 0 Å². The molecule has 4 heteroatoms. The lowest BCUT2D eigenvalue weighted by Crippen LogP contribution is -2.44. The van der Waals surface area contributed by atoms with Crippen LogP contribution in [0, 0.1) is 11.7 Å². The van der Waals surface area contributed by atoms with Crippen LogP contribution in [-0.4, -0.2) is 32.9 Å². The molecule has 2 atom stereocenters. The van der Waals surface area contributed by atoms with Gasteiger partial charge in [0.25, 0.3) is 0 Å². The Hall–Kier alpha value is -1.13. The molecule has 21 heavy (non-hydrogen) atoms. The number of hydrogen-bond acceptors (Lipinski definition) is 3. The zero-order valence-corrected chi connectivity index (χ0v) is 13.2. The Morgan fingerprint density at radius 2 is 2.10 bits per heavy atom. The first-order valence-corrected chi connectivity index (χ1v) is 7.78. The van der Waals surface area contributed by atoms with Gasteiger partial charge in [-0.3, -0.25) is 0 Å². The van der Waals surface area contributed by atoms with Crippen molar-refractivity contribution in [1.29, 1.82) is 0 Å². The van der Waals surface area contributed by atoms with Crippen molar-refractivity contribution in [2.45, 2.75) is 44.8 Å². The van der Waals surface area contributed by atoms with Crippen LogP contribution in [0.3, 0.4) is 0 Å². The summed E-state index contributed by atoms with van der Waals surface area (Å²) in [6.45, 7) is 3.05. The molecule has 0 spiro atoms. The van der Waals surface area contributed by atoms with E-state index in [9.17, 15) is 4.39 Å². The maximum Gasteiger partial charge on any atom is 0.168 e. The molecular weight excluding hydrogens is 269 g/mol. The average molecular weight is 295 g/mol. The fraction of sp³-hybridized carbons (Fsp3) is 0.647. The van der Waals surface area contributed by atoms with Gasteiger partial charge in [-0.05, 0) is 49.8 Å². The number of nitrogens with one attached hydrogen (secondary N) is 1. The molecule has 0 amide bonds. The lowest BCUT2D eigenvalue weighted by atomic mass is 9.97. The van der Waals surface area contributed by atoms with Gasteiger partial charge in [-0.15, -0.1) is 0 Å². The molecule has 1 fully saturated rings. The summed E-state index contributed by atoms with van der Waals surface area (Å²) in [6.07, 6.45) is 4.26. The fourth-order valence-corrected chi connectivity index (χ4v) is 2.85. The molecule has 1 aliphatic carbocycles. The number of rotatable bonds is 9. The molecule has 1 aliphatic rings. The number of methoxy groups -OCH3 is 2. The minimum Gasteiger partial charge on any atom is -0.494 e. The molecule has 118 valence electrons. The highest BCUT2D eigenvalue weighted by Gasteiger charge is 2.36. The third-order valence-electron chi connectivity index (χ3n) is 4.11. The van der Waals surface area contributed by atoms with Crippen LogP contribution in [0.15, 0.2) is 18.2 Å². The maximum atomic E-state index is 14.3. The van der Waals surface area contributed by atoms with E-state index in [1.165, 1.54) is 20.0 Å². The van der Waals surface area contributed by atoms with Gasteiger partial charge in [0.15, 0.2) is 11.6 Å². The summed E-state index contributed by atoms with van der Waals surface area (Å²) in [5.41, 5.74) is 0.686. The Bertz CT molecular complexity index is 448. The Morgan fingerprint density at radius 3 is 2.67 bits per heavy atom. The van der Waals surface area contributed by atoms with Crippen LogP contribution in [0.2, 0.25) is 0 Å². The van der Waals surface area contributed by atoms with Crippen molar-refractivity contribution in [3.63, 3.8) is 0 Å². The molecule has 1 aromatic carbocycles. The number of ether oxygens (including phenoxy) is 2. The van der Waals surface area contributed by atoms with E-state index in [-0.39, 0.29) is 18.0 Å². The van der Waals surface area contributed by atoms with Crippen molar-refractivity contribution in [2.75, 3.05) is 20.8 Å². The molecule has 2 rings (SSSR count). The van der Waals surface area contributed by atoms with E-state index in [4.69, 9.17) is 9.47 Å². The minimum absolute atomic E-state index is 0.143.